The minimum atomic E-state index is 0. The van der Waals surface area contributed by atoms with Gasteiger partial charge < -0.3 is 21.3 Å². The summed E-state index contributed by atoms with van der Waals surface area (Å²) in [7, 11) is 0. The molecule has 0 amide bonds. The molecule has 1 aliphatic carbocycles. The molecule has 24 heavy (non-hydrogen) atoms. The van der Waals surface area contributed by atoms with E-state index >= 15 is 0 Å². The van der Waals surface area contributed by atoms with E-state index < -0.39 is 0 Å². The van der Waals surface area contributed by atoms with Crippen molar-refractivity contribution < 1.29 is 65.4 Å². The van der Waals surface area contributed by atoms with Gasteiger partial charge in [-0.05, 0) is 29.9 Å². The van der Waals surface area contributed by atoms with Crippen molar-refractivity contribution >= 4 is 0 Å². The fourth-order valence-electron chi connectivity index (χ4n) is 3.10. The van der Waals surface area contributed by atoms with Crippen molar-refractivity contribution in [3.05, 3.63) is 92.6 Å². The van der Waals surface area contributed by atoms with Crippen LogP contribution in [0.2, 0.25) is 0 Å². The van der Waals surface area contributed by atoms with Gasteiger partial charge in [0.2, 0.25) is 0 Å². The third kappa shape index (κ3) is 8.84. The van der Waals surface area contributed by atoms with Crippen molar-refractivity contribution in [1.29, 1.82) is 0 Å². The second kappa shape index (κ2) is 14.8. The summed E-state index contributed by atoms with van der Waals surface area (Å²) in [5, 5.41) is 0. The minimum absolute atomic E-state index is 0. The molecule has 0 atom stereocenters. The fraction of sp³-hybridized carbons (Fsp3) is 0.318. The fourth-order valence-corrected chi connectivity index (χ4v) is 3.10. The quantitative estimate of drug-likeness (QED) is 0.488. The summed E-state index contributed by atoms with van der Waals surface area (Å²) in [5.74, 6) is 0.899. The molecule has 1 fully saturated rings. The van der Waals surface area contributed by atoms with Crippen molar-refractivity contribution in [2.24, 2.45) is 5.92 Å². The normalized spacial score (nSPS) is 13.5. The van der Waals surface area contributed by atoms with E-state index in [4.69, 9.17) is 0 Å². The van der Waals surface area contributed by atoms with Crippen LogP contribution in [0.3, 0.4) is 0 Å². The first-order valence-electron chi connectivity index (χ1n) is 7.74. The van der Waals surface area contributed by atoms with Crippen LogP contribution in [0.4, 0.5) is 0 Å². The molecule has 3 rings (SSSR count). The third-order valence-corrected chi connectivity index (χ3v) is 4.30. The van der Waals surface area contributed by atoms with Crippen molar-refractivity contribution in [1.82, 2.24) is 0 Å². The zero-order valence-corrected chi connectivity index (χ0v) is 20.8. The molecule has 2 aromatic rings. The predicted molar refractivity (Wildman–Crippen MR) is 97.3 cm³/mol. The molecule has 1 aliphatic rings. The number of hydrogen-bond acceptors (Lipinski definition) is 0. The molecule has 2 radical (unpaired) electrons. The van der Waals surface area contributed by atoms with Gasteiger partial charge in [0, 0.05) is 65.4 Å². The van der Waals surface area contributed by atoms with Gasteiger partial charge in [0.15, 0.2) is 0 Å². The molecule has 0 spiro atoms. The Morgan fingerprint density at radius 1 is 0.792 bits per heavy atom. The maximum Gasteiger partial charge on any atom is 0 e. The van der Waals surface area contributed by atoms with Crippen LogP contribution in [0.15, 0.2) is 48.5 Å². The maximum absolute atomic E-state index is 3.07. The summed E-state index contributed by atoms with van der Waals surface area (Å²) in [6, 6.07) is 20.6. The van der Waals surface area contributed by atoms with E-state index in [1.54, 1.807) is 0 Å². The molecule has 126 valence electrons. The van der Waals surface area contributed by atoms with Crippen molar-refractivity contribution in [3.63, 3.8) is 0 Å². The van der Waals surface area contributed by atoms with Gasteiger partial charge in [-0.3, -0.25) is 0 Å². The Labute approximate surface area is 200 Å². The van der Waals surface area contributed by atoms with Gasteiger partial charge in [-0.15, -0.1) is 0 Å². The Morgan fingerprint density at radius 3 is 1.88 bits per heavy atom. The van der Waals surface area contributed by atoms with Crippen molar-refractivity contribution in [2.75, 3.05) is 0 Å². The molecule has 1 saturated carbocycles. The summed E-state index contributed by atoms with van der Waals surface area (Å²) >= 11 is 0. The first-order valence-corrected chi connectivity index (χ1v) is 7.74. The second-order valence-electron chi connectivity index (χ2n) is 5.92. The smallest absolute Gasteiger partial charge is 0 e. The van der Waals surface area contributed by atoms with Crippen molar-refractivity contribution in [3.8, 4) is 0 Å². The Bertz CT molecular complexity index is 513. The van der Waals surface area contributed by atoms with E-state index in [1.165, 1.54) is 48.8 Å². The van der Waals surface area contributed by atoms with Gasteiger partial charge in [0.25, 0.3) is 0 Å². The van der Waals surface area contributed by atoms with E-state index in [9.17, 15) is 0 Å². The van der Waals surface area contributed by atoms with E-state index in [0.29, 0.717) is 0 Å². The molecule has 0 unspecified atom stereocenters. The molecule has 0 nitrogen and oxygen atoms in total. The van der Waals surface area contributed by atoms with Crippen LogP contribution < -0.4 is 0 Å². The molecular formula is C22H28Y2-4. The van der Waals surface area contributed by atoms with Gasteiger partial charge >= 0.3 is 0 Å². The van der Waals surface area contributed by atoms with Gasteiger partial charge in [-0.25, -0.2) is 0 Å². The van der Waals surface area contributed by atoms with Crippen LogP contribution in [-0.2, 0) is 78.3 Å². The molecule has 0 aliphatic heterocycles. The van der Waals surface area contributed by atoms with Gasteiger partial charge in [-0.2, -0.15) is 48.7 Å². The summed E-state index contributed by atoms with van der Waals surface area (Å²) in [6.45, 7) is 0. The topological polar surface area (TPSA) is 0 Å². The molecule has 0 saturated heterocycles. The van der Waals surface area contributed by atoms with Crippen LogP contribution in [0, 0.1) is 33.3 Å². The van der Waals surface area contributed by atoms with E-state index in [-0.39, 0.29) is 80.3 Å². The van der Waals surface area contributed by atoms with Crippen molar-refractivity contribution in [2.45, 2.75) is 38.5 Å². The van der Waals surface area contributed by atoms with Gasteiger partial charge in [0.1, 0.15) is 0 Å². The van der Waals surface area contributed by atoms with Crippen LogP contribution in [0.5, 0.6) is 0 Å². The second-order valence-corrected chi connectivity index (χ2v) is 5.92. The summed E-state index contributed by atoms with van der Waals surface area (Å²) < 4.78 is 0. The van der Waals surface area contributed by atoms with Gasteiger partial charge in [-0.1, -0.05) is 37.1 Å². The van der Waals surface area contributed by atoms with Gasteiger partial charge in [0.05, 0.1) is 0 Å². The van der Waals surface area contributed by atoms with Crippen LogP contribution in [-0.4, -0.2) is 0 Å². The molecule has 0 heterocycles. The maximum atomic E-state index is 3.07. The molecule has 2 heteroatoms. The average molecular weight is 470 g/mol. The Hall–Kier alpha value is 0.648. The zero-order valence-electron chi connectivity index (χ0n) is 15.2. The molecule has 2 aromatic carbocycles. The van der Waals surface area contributed by atoms with E-state index in [1.807, 2.05) is 12.1 Å². The van der Waals surface area contributed by atoms with Crippen LogP contribution in [0.1, 0.15) is 42.4 Å². The average Bonchev–Trinajstić information content (AvgIpc) is 2.51. The number of hydrogen-bond donors (Lipinski definition) is 0. The van der Waals surface area contributed by atoms with E-state index in [2.05, 4.69) is 48.9 Å². The first kappa shape index (κ1) is 26.9. The third-order valence-electron chi connectivity index (χ3n) is 4.30. The zero-order chi connectivity index (χ0) is 13.6. The Morgan fingerprint density at radius 2 is 1.29 bits per heavy atom. The monoisotopic (exact) mass is 470 g/mol. The summed E-state index contributed by atoms with van der Waals surface area (Å²) in [4.78, 5) is 0. The molecule has 0 aromatic heterocycles. The molecule has 0 N–H and O–H groups in total. The molecular weight excluding hydrogens is 442 g/mol. The first-order chi connectivity index (χ1) is 9.90. The summed E-state index contributed by atoms with van der Waals surface area (Å²) in [6.07, 6.45) is 10.1. The minimum Gasteiger partial charge on any atom is -0.358 e. The Kier molecular flexibility index (Phi) is 16.5. The predicted octanol–water partition coefficient (Wildman–Crippen LogP) is 5.91. The summed E-state index contributed by atoms with van der Waals surface area (Å²) in [5.41, 5.74) is 4.26. The van der Waals surface area contributed by atoms with E-state index in [0.717, 1.165) is 12.3 Å². The number of rotatable bonds is 4. The molecule has 0 bridgehead atoms. The number of benzene rings is 2. The SMILES string of the molecule is [CH3-].[CH3-].[Y].[Y].[c-]1ccc(Cc2ccc(CC3CC[CH-]CC3)cc2)cc1. The largest absolute Gasteiger partial charge is 0.358 e. The standard InChI is InChI=1S/C20H22.2CH3.2Y/c1-3-7-17(8-4-1)15-19-11-13-20(14-12-19)16-18-9-5-2-6-10-18;;;;/h1,5-6,9-14,17H,3-4,7-8,15-16H2;2*1H3;;/q-2;2*-1;;. The Balaban J connectivity index is 0. The van der Waals surface area contributed by atoms with Crippen LogP contribution >= 0.6 is 0 Å². The van der Waals surface area contributed by atoms with Crippen LogP contribution in [0.25, 0.3) is 0 Å².